The van der Waals surface area contributed by atoms with Gasteiger partial charge in [-0.25, -0.2) is 4.39 Å². The van der Waals surface area contributed by atoms with Crippen molar-refractivity contribution in [1.82, 2.24) is 0 Å². The predicted octanol–water partition coefficient (Wildman–Crippen LogP) is 3.00. The van der Waals surface area contributed by atoms with Gasteiger partial charge >= 0.3 is 0 Å². The second-order valence-electron chi connectivity index (χ2n) is 4.00. The van der Waals surface area contributed by atoms with Crippen LogP contribution in [0.15, 0.2) is 18.2 Å². The van der Waals surface area contributed by atoms with Crippen molar-refractivity contribution >= 4 is 17.4 Å². The van der Waals surface area contributed by atoms with Crippen LogP contribution < -0.4 is 5.32 Å². The maximum absolute atomic E-state index is 13.3. The van der Waals surface area contributed by atoms with E-state index in [9.17, 15) is 4.39 Å². The number of thioether (sulfide) groups is 1. The van der Waals surface area contributed by atoms with Gasteiger partial charge in [-0.2, -0.15) is 17.0 Å². The fraction of sp³-hybridized carbons (Fsp3) is 0.417. The number of halogens is 1. The highest BCUT2D eigenvalue weighted by Crippen LogP contribution is 2.29. The Labute approximate surface area is 98.8 Å². The molecule has 0 amide bonds. The van der Waals surface area contributed by atoms with Gasteiger partial charge in [0.2, 0.25) is 0 Å². The second kappa shape index (κ2) is 4.75. The molecule has 1 heterocycles. The number of hydrogen-bond acceptors (Lipinski definition) is 3. The van der Waals surface area contributed by atoms with Crippen molar-refractivity contribution in [2.24, 2.45) is 0 Å². The molecule has 0 aromatic heterocycles. The van der Waals surface area contributed by atoms with Crippen LogP contribution in [0.1, 0.15) is 18.9 Å². The molecule has 4 heteroatoms. The minimum atomic E-state index is -0.453. The Morgan fingerprint density at radius 1 is 1.56 bits per heavy atom. The summed E-state index contributed by atoms with van der Waals surface area (Å²) in [5.41, 5.74) is 0.731. The van der Waals surface area contributed by atoms with Crippen molar-refractivity contribution < 1.29 is 4.39 Å². The van der Waals surface area contributed by atoms with Crippen molar-refractivity contribution in [3.63, 3.8) is 0 Å². The van der Waals surface area contributed by atoms with Crippen LogP contribution in [0.4, 0.5) is 10.1 Å². The van der Waals surface area contributed by atoms with E-state index in [2.05, 4.69) is 12.2 Å². The van der Waals surface area contributed by atoms with Gasteiger partial charge in [-0.1, -0.05) is 13.0 Å². The normalized spacial score (nSPS) is 24.1. The summed E-state index contributed by atoms with van der Waals surface area (Å²) < 4.78 is 13.3. The average Bonchev–Trinajstić information content (AvgIpc) is 2.64. The maximum Gasteiger partial charge on any atom is 0.143 e. The van der Waals surface area contributed by atoms with Crippen LogP contribution in [0.25, 0.3) is 0 Å². The molecule has 1 aliphatic heterocycles. The van der Waals surface area contributed by atoms with E-state index in [1.807, 2.05) is 17.8 Å². The van der Waals surface area contributed by atoms with Crippen molar-refractivity contribution in [2.75, 3.05) is 11.1 Å². The number of nitrogens with zero attached hydrogens (tertiary/aromatic N) is 1. The highest BCUT2D eigenvalue weighted by molar-refractivity contribution is 8.00. The van der Waals surface area contributed by atoms with E-state index in [0.717, 1.165) is 12.2 Å². The van der Waals surface area contributed by atoms with Gasteiger partial charge in [0.05, 0.1) is 5.69 Å². The zero-order valence-corrected chi connectivity index (χ0v) is 9.85. The molecule has 2 atom stereocenters. The van der Waals surface area contributed by atoms with Crippen LogP contribution in [-0.2, 0) is 0 Å². The van der Waals surface area contributed by atoms with Crippen molar-refractivity contribution in [3.05, 3.63) is 29.6 Å². The van der Waals surface area contributed by atoms with Crippen molar-refractivity contribution in [1.29, 1.82) is 5.26 Å². The second-order valence-corrected chi connectivity index (χ2v) is 5.47. The number of anilines is 1. The molecule has 0 aliphatic carbocycles. The van der Waals surface area contributed by atoms with Gasteiger partial charge in [0, 0.05) is 17.0 Å². The van der Waals surface area contributed by atoms with Crippen LogP contribution in [0, 0.1) is 17.1 Å². The zero-order chi connectivity index (χ0) is 11.5. The van der Waals surface area contributed by atoms with Gasteiger partial charge in [0.15, 0.2) is 0 Å². The van der Waals surface area contributed by atoms with E-state index in [-0.39, 0.29) is 5.56 Å². The SMILES string of the molecule is CC1CC(Nc2cccc(F)c2C#N)CS1. The van der Waals surface area contributed by atoms with Crippen molar-refractivity contribution in [3.8, 4) is 6.07 Å². The van der Waals surface area contributed by atoms with Crippen LogP contribution in [0.2, 0.25) is 0 Å². The summed E-state index contributed by atoms with van der Waals surface area (Å²) in [5.74, 6) is 0.564. The van der Waals surface area contributed by atoms with Gasteiger partial charge in [-0.05, 0) is 18.6 Å². The summed E-state index contributed by atoms with van der Waals surface area (Å²) in [6, 6.07) is 6.95. The monoisotopic (exact) mass is 236 g/mol. The molecular formula is C12H13FN2S. The first kappa shape index (κ1) is 11.3. The van der Waals surface area contributed by atoms with E-state index < -0.39 is 5.82 Å². The lowest BCUT2D eigenvalue weighted by atomic mass is 10.1. The molecule has 0 radical (unpaired) electrons. The molecule has 2 rings (SSSR count). The van der Waals surface area contributed by atoms with E-state index in [0.29, 0.717) is 17.0 Å². The van der Waals surface area contributed by atoms with Crippen LogP contribution in [0.3, 0.4) is 0 Å². The summed E-state index contributed by atoms with van der Waals surface area (Å²) >= 11 is 1.90. The largest absolute Gasteiger partial charge is 0.380 e. The van der Waals surface area contributed by atoms with Gasteiger partial charge in [0.1, 0.15) is 17.4 Å². The van der Waals surface area contributed by atoms with E-state index in [4.69, 9.17) is 5.26 Å². The molecule has 1 saturated heterocycles. The number of rotatable bonds is 2. The fourth-order valence-corrected chi connectivity index (χ4v) is 3.04. The van der Waals surface area contributed by atoms with Gasteiger partial charge < -0.3 is 5.32 Å². The first-order valence-corrected chi connectivity index (χ1v) is 6.32. The van der Waals surface area contributed by atoms with Crippen LogP contribution in [-0.4, -0.2) is 17.0 Å². The molecule has 2 nitrogen and oxygen atoms in total. The standard InChI is InChI=1S/C12H13FN2S/c1-8-5-9(7-16-8)15-12-4-2-3-11(13)10(12)6-14/h2-4,8-9,15H,5,7H2,1H3. The Morgan fingerprint density at radius 3 is 3.00 bits per heavy atom. The Balaban J connectivity index is 2.16. The number of nitrogens with one attached hydrogen (secondary N) is 1. The number of nitriles is 1. The summed E-state index contributed by atoms with van der Waals surface area (Å²) in [5, 5.41) is 12.8. The van der Waals surface area contributed by atoms with Gasteiger partial charge in [-0.15, -0.1) is 0 Å². The smallest absolute Gasteiger partial charge is 0.143 e. The molecule has 1 aromatic rings. The minimum absolute atomic E-state index is 0.118. The summed E-state index contributed by atoms with van der Waals surface area (Å²) in [7, 11) is 0. The van der Waals surface area contributed by atoms with Crippen LogP contribution >= 0.6 is 11.8 Å². The lowest BCUT2D eigenvalue weighted by molar-refractivity contribution is 0.623. The lowest BCUT2D eigenvalue weighted by Gasteiger charge is -2.14. The molecular weight excluding hydrogens is 223 g/mol. The number of benzene rings is 1. The Kier molecular flexibility index (Phi) is 3.35. The van der Waals surface area contributed by atoms with Gasteiger partial charge in [0.25, 0.3) is 0 Å². The Morgan fingerprint density at radius 2 is 2.38 bits per heavy atom. The third-order valence-electron chi connectivity index (χ3n) is 2.68. The summed E-state index contributed by atoms with van der Waals surface area (Å²) in [6.07, 6.45) is 1.06. The summed E-state index contributed by atoms with van der Waals surface area (Å²) in [4.78, 5) is 0. The highest BCUT2D eigenvalue weighted by atomic mass is 32.2. The Hall–Kier alpha value is -1.21. The molecule has 0 saturated carbocycles. The maximum atomic E-state index is 13.3. The molecule has 1 fully saturated rings. The first-order chi connectivity index (χ1) is 7.70. The van der Waals surface area contributed by atoms with E-state index in [1.165, 1.54) is 6.07 Å². The lowest BCUT2D eigenvalue weighted by Crippen LogP contribution is -2.19. The first-order valence-electron chi connectivity index (χ1n) is 5.27. The molecule has 1 aromatic carbocycles. The van der Waals surface area contributed by atoms with Crippen LogP contribution in [0.5, 0.6) is 0 Å². The molecule has 1 aliphatic rings. The molecule has 0 spiro atoms. The molecule has 84 valence electrons. The van der Waals surface area contributed by atoms with E-state index >= 15 is 0 Å². The fourth-order valence-electron chi connectivity index (χ4n) is 1.90. The quantitative estimate of drug-likeness (QED) is 0.857. The minimum Gasteiger partial charge on any atom is -0.380 e. The third kappa shape index (κ3) is 2.30. The predicted molar refractivity (Wildman–Crippen MR) is 65.1 cm³/mol. The highest BCUT2D eigenvalue weighted by Gasteiger charge is 2.22. The molecule has 0 bridgehead atoms. The molecule has 1 N–H and O–H groups in total. The third-order valence-corrected chi connectivity index (χ3v) is 4.04. The number of hydrogen-bond donors (Lipinski definition) is 1. The van der Waals surface area contributed by atoms with E-state index in [1.54, 1.807) is 12.1 Å². The molecule has 16 heavy (non-hydrogen) atoms. The van der Waals surface area contributed by atoms with Crippen molar-refractivity contribution in [2.45, 2.75) is 24.6 Å². The van der Waals surface area contributed by atoms with Gasteiger partial charge in [-0.3, -0.25) is 0 Å². The Bertz CT molecular complexity index is 428. The molecule has 2 unspecified atom stereocenters. The average molecular weight is 236 g/mol. The topological polar surface area (TPSA) is 35.8 Å². The zero-order valence-electron chi connectivity index (χ0n) is 9.03. The summed E-state index contributed by atoms with van der Waals surface area (Å²) in [6.45, 7) is 2.18.